The third kappa shape index (κ3) is 2.26. The fourth-order valence-corrected chi connectivity index (χ4v) is 2.57. The maximum absolute atomic E-state index is 10.2. The molecular formula is C18H17NO. The minimum atomic E-state index is -0.522. The van der Waals surface area contributed by atoms with Crippen molar-refractivity contribution in [1.29, 1.82) is 0 Å². The van der Waals surface area contributed by atoms with Gasteiger partial charge in [-0.05, 0) is 18.1 Å². The Labute approximate surface area is 118 Å². The highest BCUT2D eigenvalue weighted by Crippen LogP contribution is 2.36. The summed E-state index contributed by atoms with van der Waals surface area (Å²) in [5.41, 5.74) is 5.19. The summed E-state index contributed by atoms with van der Waals surface area (Å²) in [5.74, 6) is 0. The van der Waals surface area contributed by atoms with Gasteiger partial charge >= 0.3 is 0 Å². The molecule has 3 aromatic rings. The molecule has 0 aliphatic carbocycles. The van der Waals surface area contributed by atoms with Crippen LogP contribution in [0.2, 0.25) is 0 Å². The normalized spacial score (nSPS) is 12.3. The number of aliphatic hydroxyl groups excluding tert-OH is 1. The van der Waals surface area contributed by atoms with Crippen LogP contribution in [0.5, 0.6) is 0 Å². The van der Waals surface area contributed by atoms with Gasteiger partial charge in [-0.2, -0.15) is 0 Å². The highest BCUT2D eigenvalue weighted by Gasteiger charge is 2.17. The highest BCUT2D eigenvalue weighted by atomic mass is 16.3. The molecule has 0 aliphatic heterocycles. The molecule has 2 nitrogen and oxygen atoms in total. The van der Waals surface area contributed by atoms with Crippen LogP contribution in [0.25, 0.3) is 22.4 Å². The molecule has 0 saturated heterocycles. The van der Waals surface area contributed by atoms with E-state index < -0.39 is 6.10 Å². The molecule has 0 radical (unpaired) electrons. The molecule has 3 rings (SSSR count). The highest BCUT2D eigenvalue weighted by molar-refractivity contribution is 5.77. The molecule has 2 N–H and O–H groups in total. The first-order chi connectivity index (χ1) is 9.77. The second kappa shape index (κ2) is 5.35. The summed E-state index contributed by atoms with van der Waals surface area (Å²) in [6.07, 6.45) is 1.45. The van der Waals surface area contributed by atoms with Crippen molar-refractivity contribution >= 4 is 0 Å². The van der Waals surface area contributed by atoms with Gasteiger partial charge < -0.3 is 10.1 Å². The molecular weight excluding hydrogens is 246 g/mol. The van der Waals surface area contributed by atoms with Gasteiger partial charge in [-0.15, -0.1) is 0 Å². The zero-order valence-electron chi connectivity index (χ0n) is 11.4. The molecule has 0 aliphatic rings. The summed E-state index contributed by atoms with van der Waals surface area (Å²) in [7, 11) is 0. The van der Waals surface area contributed by atoms with E-state index in [1.54, 1.807) is 0 Å². The van der Waals surface area contributed by atoms with Gasteiger partial charge in [0.15, 0.2) is 0 Å². The molecule has 1 aromatic heterocycles. The summed E-state index contributed by atoms with van der Waals surface area (Å²) in [6, 6.07) is 20.2. The third-order valence-corrected chi connectivity index (χ3v) is 3.49. The van der Waals surface area contributed by atoms with E-state index in [4.69, 9.17) is 0 Å². The Morgan fingerprint density at radius 2 is 1.40 bits per heavy atom. The van der Waals surface area contributed by atoms with Crippen molar-refractivity contribution in [3.63, 3.8) is 0 Å². The molecule has 0 bridgehead atoms. The lowest BCUT2D eigenvalue weighted by Gasteiger charge is -2.10. The largest absolute Gasteiger partial charge is 0.389 e. The Balaban J connectivity index is 2.17. The number of nitrogens with one attached hydrogen (secondary N) is 1. The molecule has 20 heavy (non-hydrogen) atoms. The number of H-pyrrole nitrogens is 1. The molecule has 1 heterocycles. The molecule has 0 fully saturated rings. The van der Waals surface area contributed by atoms with E-state index >= 15 is 0 Å². The number of hydrogen-bond acceptors (Lipinski definition) is 1. The lowest BCUT2D eigenvalue weighted by Crippen LogP contribution is -1.95. The number of aliphatic hydroxyl groups is 1. The van der Waals surface area contributed by atoms with Crippen molar-refractivity contribution in [3.05, 3.63) is 72.4 Å². The number of aromatic nitrogens is 1. The van der Waals surface area contributed by atoms with Crippen LogP contribution in [0.3, 0.4) is 0 Å². The lowest BCUT2D eigenvalue weighted by molar-refractivity contribution is 0.200. The van der Waals surface area contributed by atoms with Crippen molar-refractivity contribution in [1.82, 2.24) is 4.98 Å². The summed E-state index contributed by atoms with van der Waals surface area (Å²) < 4.78 is 0. The quantitative estimate of drug-likeness (QED) is 0.721. The smallest absolute Gasteiger partial charge is 0.0788 e. The van der Waals surface area contributed by atoms with Gasteiger partial charge in [0.2, 0.25) is 0 Å². The summed E-state index contributed by atoms with van der Waals surface area (Å²) >= 11 is 0. The Bertz CT molecular complexity index is 627. The van der Waals surface area contributed by atoms with Crippen LogP contribution in [-0.4, -0.2) is 10.1 Å². The van der Waals surface area contributed by atoms with E-state index in [0.717, 1.165) is 27.9 Å². The van der Waals surface area contributed by atoms with E-state index in [2.05, 4.69) is 17.1 Å². The van der Waals surface area contributed by atoms with E-state index in [9.17, 15) is 5.11 Å². The Kier molecular flexibility index (Phi) is 3.40. The predicted molar refractivity (Wildman–Crippen MR) is 82.3 cm³/mol. The van der Waals surface area contributed by atoms with Crippen molar-refractivity contribution in [3.8, 4) is 22.4 Å². The van der Waals surface area contributed by atoms with Gasteiger partial charge in [-0.25, -0.2) is 0 Å². The standard InChI is InChI=1S/C18H17NO/c1-13(20)17-16(14-8-4-2-5-9-14)12-19-18(17)15-10-6-3-7-11-15/h2-13,19-20H,1H3. The second-order valence-electron chi connectivity index (χ2n) is 4.90. The van der Waals surface area contributed by atoms with Gasteiger partial charge in [0.25, 0.3) is 0 Å². The van der Waals surface area contributed by atoms with Crippen molar-refractivity contribution in [2.75, 3.05) is 0 Å². The van der Waals surface area contributed by atoms with E-state index in [0.29, 0.717) is 0 Å². The van der Waals surface area contributed by atoms with Gasteiger partial charge in [-0.3, -0.25) is 0 Å². The fraction of sp³-hybridized carbons (Fsp3) is 0.111. The van der Waals surface area contributed by atoms with Crippen LogP contribution in [0, 0.1) is 0 Å². The van der Waals surface area contributed by atoms with E-state index in [1.807, 2.05) is 61.7 Å². The zero-order valence-corrected chi connectivity index (χ0v) is 11.4. The Morgan fingerprint density at radius 3 is 1.95 bits per heavy atom. The van der Waals surface area contributed by atoms with Crippen molar-refractivity contribution in [2.45, 2.75) is 13.0 Å². The average Bonchev–Trinajstić information content (AvgIpc) is 2.94. The number of benzene rings is 2. The summed E-state index contributed by atoms with van der Waals surface area (Å²) in [5, 5.41) is 10.2. The molecule has 100 valence electrons. The average molecular weight is 263 g/mol. The first-order valence-corrected chi connectivity index (χ1v) is 6.77. The van der Waals surface area contributed by atoms with Crippen LogP contribution >= 0.6 is 0 Å². The van der Waals surface area contributed by atoms with Crippen molar-refractivity contribution in [2.24, 2.45) is 0 Å². The Hall–Kier alpha value is -2.32. The first-order valence-electron chi connectivity index (χ1n) is 6.77. The predicted octanol–water partition coefficient (Wildman–Crippen LogP) is 4.40. The molecule has 0 spiro atoms. The van der Waals surface area contributed by atoms with Gasteiger partial charge in [0.05, 0.1) is 11.8 Å². The minimum Gasteiger partial charge on any atom is -0.389 e. The van der Waals surface area contributed by atoms with Crippen molar-refractivity contribution < 1.29 is 5.11 Å². The van der Waals surface area contributed by atoms with Crippen LogP contribution < -0.4 is 0 Å². The number of hydrogen-bond donors (Lipinski definition) is 2. The maximum Gasteiger partial charge on any atom is 0.0788 e. The van der Waals surface area contributed by atoms with E-state index in [-0.39, 0.29) is 0 Å². The molecule has 1 atom stereocenters. The number of aromatic amines is 1. The lowest BCUT2D eigenvalue weighted by atomic mass is 9.97. The number of rotatable bonds is 3. The molecule has 2 aromatic carbocycles. The Morgan fingerprint density at radius 1 is 0.850 bits per heavy atom. The van der Waals surface area contributed by atoms with Crippen LogP contribution in [0.1, 0.15) is 18.6 Å². The molecule has 2 heteroatoms. The van der Waals surface area contributed by atoms with E-state index in [1.165, 1.54) is 0 Å². The fourth-order valence-electron chi connectivity index (χ4n) is 2.57. The maximum atomic E-state index is 10.2. The molecule has 0 amide bonds. The van der Waals surface area contributed by atoms with Crippen LogP contribution in [-0.2, 0) is 0 Å². The van der Waals surface area contributed by atoms with Gasteiger partial charge in [-0.1, -0.05) is 60.7 Å². The van der Waals surface area contributed by atoms with Crippen LogP contribution in [0.15, 0.2) is 66.9 Å². The van der Waals surface area contributed by atoms with Gasteiger partial charge in [0.1, 0.15) is 0 Å². The monoisotopic (exact) mass is 263 g/mol. The summed E-state index contributed by atoms with van der Waals surface area (Å²) in [4.78, 5) is 3.31. The topological polar surface area (TPSA) is 36.0 Å². The zero-order chi connectivity index (χ0) is 13.9. The van der Waals surface area contributed by atoms with Crippen LogP contribution in [0.4, 0.5) is 0 Å². The third-order valence-electron chi connectivity index (χ3n) is 3.49. The second-order valence-corrected chi connectivity index (χ2v) is 4.90. The molecule has 1 unspecified atom stereocenters. The summed E-state index contributed by atoms with van der Waals surface area (Å²) in [6.45, 7) is 1.81. The molecule has 0 saturated carbocycles. The SMILES string of the molecule is CC(O)c1c(-c2ccccc2)c[nH]c1-c1ccccc1. The first kappa shape index (κ1) is 12.7. The van der Waals surface area contributed by atoms with Gasteiger partial charge in [0, 0.05) is 17.3 Å². The minimum absolute atomic E-state index is 0.522.